The first-order chi connectivity index (χ1) is 16.1. The van der Waals surface area contributed by atoms with Crippen molar-refractivity contribution in [3.05, 3.63) is 89.9 Å². The van der Waals surface area contributed by atoms with Gasteiger partial charge in [0.05, 0.1) is 17.7 Å². The zero-order valence-corrected chi connectivity index (χ0v) is 18.5. The number of sulfonamides is 1. The summed E-state index contributed by atoms with van der Waals surface area (Å²) >= 11 is 0. The van der Waals surface area contributed by atoms with Gasteiger partial charge in [0, 0.05) is 12.6 Å². The Morgan fingerprint density at radius 3 is 2.32 bits per heavy atom. The number of furan rings is 1. The van der Waals surface area contributed by atoms with Gasteiger partial charge in [-0.25, -0.2) is 13.1 Å². The van der Waals surface area contributed by atoms with Gasteiger partial charge >= 0.3 is 6.18 Å². The van der Waals surface area contributed by atoms with Gasteiger partial charge in [-0.1, -0.05) is 24.3 Å². The van der Waals surface area contributed by atoms with E-state index in [0.717, 1.165) is 0 Å². The molecule has 3 aromatic rings. The molecule has 0 unspecified atom stereocenters. The van der Waals surface area contributed by atoms with Crippen molar-refractivity contribution in [2.45, 2.75) is 24.2 Å². The number of benzene rings is 2. The summed E-state index contributed by atoms with van der Waals surface area (Å²) in [5.74, 6) is 0.169. The summed E-state index contributed by atoms with van der Waals surface area (Å²) in [6.45, 7) is -1.18. The molecule has 0 spiro atoms. The second kappa shape index (κ2) is 11.0. The molecule has 0 aliphatic rings. The largest absolute Gasteiger partial charge is 0.484 e. The molecule has 0 saturated heterocycles. The highest BCUT2D eigenvalue weighted by atomic mass is 32.2. The summed E-state index contributed by atoms with van der Waals surface area (Å²) in [4.78, 5) is 12.1. The maximum absolute atomic E-state index is 12.3. The van der Waals surface area contributed by atoms with Crippen LogP contribution in [0.15, 0.2) is 82.3 Å². The van der Waals surface area contributed by atoms with Gasteiger partial charge < -0.3 is 14.5 Å². The summed E-state index contributed by atoms with van der Waals surface area (Å²) in [5, 5.41) is 2.65. The third kappa shape index (κ3) is 8.09. The number of rotatable bonds is 10. The molecule has 0 saturated carbocycles. The van der Waals surface area contributed by atoms with Crippen molar-refractivity contribution in [2.24, 2.45) is 0 Å². The van der Waals surface area contributed by atoms with Crippen LogP contribution in [0.4, 0.5) is 13.2 Å². The van der Waals surface area contributed by atoms with Crippen LogP contribution in [0.3, 0.4) is 0 Å². The Bertz CT molecular complexity index is 1200. The molecule has 0 radical (unpaired) electrons. The highest BCUT2D eigenvalue weighted by molar-refractivity contribution is 7.89. The minimum absolute atomic E-state index is 0.0282. The van der Waals surface area contributed by atoms with Crippen molar-refractivity contribution >= 4 is 22.0 Å². The first-order valence-corrected chi connectivity index (χ1v) is 11.5. The van der Waals surface area contributed by atoms with E-state index in [-0.39, 0.29) is 23.7 Å². The molecule has 0 aliphatic carbocycles. The summed E-state index contributed by atoms with van der Waals surface area (Å²) in [6.07, 6.45) is -0.144. The monoisotopic (exact) mass is 494 g/mol. The Morgan fingerprint density at radius 1 is 1.00 bits per heavy atom. The van der Waals surface area contributed by atoms with E-state index in [1.165, 1.54) is 42.7 Å². The maximum Gasteiger partial charge on any atom is 0.422 e. The van der Waals surface area contributed by atoms with Crippen molar-refractivity contribution in [1.29, 1.82) is 0 Å². The number of nitrogens with one attached hydrogen (secondary N) is 2. The van der Waals surface area contributed by atoms with Crippen molar-refractivity contribution < 1.29 is 35.5 Å². The Morgan fingerprint density at radius 2 is 1.71 bits per heavy atom. The van der Waals surface area contributed by atoms with Gasteiger partial charge in [-0.2, -0.15) is 13.2 Å². The minimum atomic E-state index is -4.41. The Kier molecular flexibility index (Phi) is 8.13. The molecule has 180 valence electrons. The van der Waals surface area contributed by atoms with Crippen molar-refractivity contribution in [3.63, 3.8) is 0 Å². The van der Waals surface area contributed by atoms with Crippen molar-refractivity contribution in [3.8, 4) is 5.75 Å². The Balaban J connectivity index is 1.47. The number of carbonyl (C=O) groups excluding carboxylic acids is 1. The van der Waals surface area contributed by atoms with Crippen molar-refractivity contribution in [2.75, 3.05) is 6.61 Å². The van der Waals surface area contributed by atoms with Crippen LogP contribution in [-0.2, 0) is 27.9 Å². The van der Waals surface area contributed by atoms with Crippen LogP contribution in [0.1, 0.15) is 16.9 Å². The Labute approximate surface area is 194 Å². The van der Waals surface area contributed by atoms with Gasteiger partial charge in [-0.05, 0) is 53.6 Å². The molecule has 1 aromatic heterocycles. The molecule has 7 nitrogen and oxygen atoms in total. The van der Waals surface area contributed by atoms with Crippen LogP contribution in [0.5, 0.6) is 5.75 Å². The zero-order chi connectivity index (χ0) is 24.6. The average Bonchev–Trinajstić information content (AvgIpc) is 3.33. The fourth-order valence-corrected chi connectivity index (χ4v) is 3.70. The lowest BCUT2D eigenvalue weighted by atomic mass is 10.2. The van der Waals surface area contributed by atoms with Crippen molar-refractivity contribution in [1.82, 2.24) is 10.0 Å². The predicted molar refractivity (Wildman–Crippen MR) is 118 cm³/mol. The third-order valence-electron chi connectivity index (χ3n) is 4.43. The average molecular weight is 494 g/mol. The number of halogens is 3. The molecule has 0 atom stereocenters. The second-order valence-corrected chi connectivity index (χ2v) is 8.84. The summed E-state index contributed by atoms with van der Waals surface area (Å²) < 4.78 is 73.3. The topological polar surface area (TPSA) is 97.6 Å². The number of carbonyl (C=O) groups is 1. The smallest absolute Gasteiger partial charge is 0.422 e. The van der Waals surface area contributed by atoms with Crippen LogP contribution < -0.4 is 14.8 Å². The lowest BCUT2D eigenvalue weighted by molar-refractivity contribution is -0.153. The first-order valence-electron chi connectivity index (χ1n) is 9.97. The van der Waals surface area contributed by atoms with Gasteiger partial charge in [0.2, 0.25) is 15.9 Å². The van der Waals surface area contributed by atoms with E-state index in [0.29, 0.717) is 16.9 Å². The highest BCUT2D eigenvalue weighted by Gasteiger charge is 2.28. The molecule has 3 rings (SSSR count). The van der Waals surface area contributed by atoms with Gasteiger partial charge in [0.15, 0.2) is 6.61 Å². The maximum atomic E-state index is 12.3. The number of hydrogen-bond acceptors (Lipinski definition) is 5. The molecule has 2 N–H and O–H groups in total. The van der Waals surface area contributed by atoms with E-state index in [2.05, 4.69) is 14.8 Å². The fraction of sp³-hybridized carbons (Fsp3) is 0.174. The molecule has 2 aromatic carbocycles. The minimum Gasteiger partial charge on any atom is -0.484 e. The van der Waals surface area contributed by atoms with E-state index in [9.17, 15) is 26.4 Å². The molecule has 1 heterocycles. The molecule has 34 heavy (non-hydrogen) atoms. The SMILES string of the molecule is O=C(/C=C/c1ccc(S(=O)(=O)NCc2ccco2)cc1)NCc1ccc(OCC(F)(F)F)cc1. The lowest BCUT2D eigenvalue weighted by Crippen LogP contribution is -2.22. The van der Waals surface area contributed by atoms with Gasteiger partial charge in [0.25, 0.3) is 0 Å². The molecular formula is C23H21F3N2O5S. The number of hydrogen-bond donors (Lipinski definition) is 2. The molecule has 11 heteroatoms. The summed E-state index contributed by atoms with van der Waals surface area (Å²) in [6, 6.07) is 15.2. The van der Waals surface area contributed by atoms with Crippen LogP contribution in [0.25, 0.3) is 6.08 Å². The highest BCUT2D eigenvalue weighted by Crippen LogP contribution is 2.19. The van der Waals surface area contributed by atoms with Crippen LogP contribution in [-0.4, -0.2) is 27.1 Å². The van der Waals surface area contributed by atoms with E-state index in [1.54, 1.807) is 36.4 Å². The zero-order valence-electron chi connectivity index (χ0n) is 17.7. The van der Waals surface area contributed by atoms with Crippen LogP contribution in [0, 0.1) is 0 Å². The summed E-state index contributed by atoms with van der Waals surface area (Å²) in [5.41, 5.74) is 1.30. The van der Waals surface area contributed by atoms with E-state index in [4.69, 9.17) is 4.42 Å². The van der Waals surface area contributed by atoms with E-state index >= 15 is 0 Å². The number of ether oxygens (including phenoxy) is 1. The Hall–Kier alpha value is -3.57. The third-order valence-corrected chi connectivity index (χ3v) is 5.84. The van der Waals surface area contributed by atoms with E-state index < -0.39 is 28.7 Å². The number of alkyl halides is 3. The quantitative estimate of drug-likeness (QED) is 0.415. The van der Waals surface area contributed by atoms with Gasteiger partial charge in [0.1, 0.15) is 11.5 Å². The van der Waals surface area contributed by atoms with E-state index in [1.807, 2.05) is 0 Å². The first kappa shape index (κ1) is 25.1. The number of amides is 1. The molecule has 0 aliphatic heterocycles. The van der Waals surface area contributed by atoms with Crippen LogP contribution in [0.2, 0.25) is 0 Å². The van der Waals surface area contributed by atoms with Gasteiger partial charge in [-0.15, -0.1) is 0 Å². The standard InChI is InChI=1S/C23H21F3N2O5S/c24-23(25,26)16-33-19-8-3-18(4-9-19)14-27-22(29)12-7-17-5-10-21(11-6-17)34(30,31)28-15-20-2-1-13-32-20/h1-13,28H,14-16H2,(H,27,29)/b12-7+. The fourth-order valence-electron chi connectivity index (χ4n) is 2.71. The molecular weight excluding hydrogens is 473 g/mol. The second-order valence-electron chi connectivity index (χ2n) is 7.07. The molecule has 1 amide bonds. The summed E-state index contributed by atoms with van der Waals surface area (Å²) in [7, 11) is -3.72. The van der Waals surface area contributed by atoms with Gasteiger partial charge in [-0.3, -0.25) is 4.79 Å². The predicted octanol–water partition coefficient (Wildman–Crippen LogP) is 4.03. The normalized spacial score (nSPS) is 12.1. The van der Waals surface area contributed by atoms with Crippen LogP contribution >= 0.6 is 0 Å². The molecule has 0 fully saturated rings. The molecule has 0 bridgehead atoms. The lowest BCUT2D eigenvalue weighted by Gasteiger charge is -2.09.